The van der Waals surface area contributed by atoms with Gasteiger partial charge in [-0.2, -0.15) is 0 Å². The number of carbonyl (C=O) groups is 2. The maximum atomic E-state index is 11.6. The Balaban J connectivity index is 1.87. The van der Waals surface area contributed by atoms with Gasteiger partial charge in [0.2, 0.25) is 5.91 Å². The van der Waals surface area contributed by atoms with E-state index in [4.69, 9.17) is 5.11 Å². The molecule has 1 amide bonds. The number of carboxylic acid groups (broad SMARTS) is 1. The van der Waals surface area contributed by atoms with Crippen LogP contribution >= 0.6 is 0 Å². The van der Waals surface area contributed by atoms with Crippen molar-refractivity contribution in [2.75, 3.05) is 0 Å². The van der Waals surface area contributed by atoms with Gasteiger partial charge in [0.05, 0.1) is 12.7 Å². The summed E-state index contributed by atoms with van der Waals surface area (Å²) in [6.45, 7) is 0.202. The lowest BCUT2D eigenvalue weighted by Crippen LogP contribution is -2.28. The second-order valence-corrected chi connectivity index (χ2v) is 3.84. The number of aryl methyl sites for hydroxylation is 1. The zero-order valence-electron chi connectivity index (χ0n) is 10.1. The van der Waals surface area contributed by atoms with E-state index < -0.39 is 5.97 Å². The van der Waals surface area contributed by atoms with E-state index in [-0.39, 0.29) is 18.1 Å². The van der Waals surface area contributed by atoms with Crippen molar-refractivity contribution in [2.24, 2.45) is 7.05 Å². The first-order valence-electron chi connectivity index (χ1n) is 5.42. The van der Waals surface area contributed by atoms with Crippen LogP contribution < -0.4 is 5.32 Å². The number of carboxylic acids is 1. The van der Waals surface area contributed by atoms with E-state index in [1.165, 1.54) is 6.20 Å². The molecule has 0 saturated heterocycles. The maximum absolute atomic E-state index is 11.6. The van der Waals surface area contributed by atoms with Crippen molar-refractivity contribution in [3.8, 4) is 0 Å². The van der Waals surface area contributed by atoms with Gasteiger partial charge in [-0.15, -0.1) is 5.10 Å². The molecule has 2 aromatic heterocycles. The zero-order chi connectivity index (χ0) is 13.8. The van der Waals surface area contributed by atoms with Crippen LogP contribution in [0.15, 0.2) is 18.6 Å². The number of aromatic carboxylic acids is 1. The van der Waals surface area contributed by atoms with E-state index in [0.29, 0.717) is 6.54 Å². The molecule has 0 spiro atoms. The SMILES string of the molecule is Cn1ccnc1CNC(=O)Cn1cc(C(=O)O)nn1. The summed E-state index contributed by atoms with van der Waals surface area (Å²) >= 11 is 0. The van der Waals surface area contributed by atoms with E-state index >= 15 is 0 Å². The molecule has 0 atom stereocenters. The highest BCUT2D eigenvalue weighted by Crippen LogP contribution is 1.95. The minimum absolute atomic E-state index is 0.0926. The van der Waals surface area contributed by atoms with Gasteiger partial charge in [-0.1, -0.05) is 5.21 Å². The lowest BCUT2D eigenvalue weighted by atomic mass is 10.5. The molecule has 2 rings (SSSR count). The summed E-state index contributed by atoms with van der Waals surface area (Å²) in [5.74, 6) is -0.761. The summed E-state index contributed by atoms with van der Waals surface area (Å²) in [7, 11) is 1.82. The van der Waals surface area contributed by atoms with E-state index in [1.807, 2.05) is 7.05 Å². The Morgan fingerprint density at radius 1 is 1.47 bits per heavy atom. The Morgan fingerprint density at radius 2 is 2.26 bits per heavy atom. The summed E-state index contributed by atoms with van der Waals surface area (Å²) in [6, 6.07) is 0. The third-order valence-electron chi connectivity index (χ3n) is 2.43. The van der Waals surface area contributed by atoms with Crippen molar-refractivity contribution in [3.05, 3.63) is 30.1 Å². The highest BCUT2D eigenvalue weighted by atomic mass is 16.4. The van der Waals surface area contributed by atoms with Gasteiger partial charge in [0, 0.05) is 19.4 Å². The van der Waals surface area contributed by atoms with Gasteiger partial charge in [-0.3, -0.25) is 4.79 Å². The van der Waals surface area contributed by atoms with E-state index in [2.05, 4.69) is 20.6 Å². The highest BCUT2D eigenvalue weighted by molar-refractivity contribution is 5.84. The van der Waals surface area contributed by atoms with Crippen LogP contribution in [0.3, 0.4) is 0 Å². The summed E-state index contributed by atoms with van der Waals surface area (Å²) in [5, 5.41) is 18.3. The monoisotopic (exact) mass is 264 g/mol. The molecule has 9 heteroatoms. The molecule has 0 saturated carbocycles. The highest BCUT2D eigenvalue weighted by Gasteiger charge is 2.10. The van der Waals surface area contributed by atoms with Crippen molar-refractivity contribution in [2.45, 2.75) is 13.1 Å². The second-order valence-electron chi connectivity index (χ2n) is 3.84. The first-order valence-corrected chi connectivity index (χ1v) is 5.42. The molecule has 100 valence electrons. The predicted octanol–water partition coefficient (Wildman–Crippen LogP) is -0.974. The lowest BCUT2D eigenvalue weighted by molar-refractivity contribution is -0.122. The fourth-order valence-electron chi connectivity index (χ4n) is 1.42. The van der Waals surface area contributed by atoms with Gasteiger partial charge in [-0.05, 0) is 0 Å². The molecule has 0 unspecified atom stereocenters. The minimum Gasteiger partial charge on any atom is -0.476 e. The Hall–Kier alpha value is -2.71. The van der Waals surface area contributed by atoms with Gasteiger partial charge >= 0.3 is 5.97 Å². The van der Waals surface area contributed by atoms with Crippen molar-refractivity contribution in [1.29, 1.82) is 0 Å². The predicted molar refractivity (Wildman–Crippen MR) is 62.0 cm³/mol. The summed E-state index contributed by atoms with van der Waals surface area (Å²) in [4.78, 5) is 26.3. The number of rotatable bonds is 5. The molecule has 0 aliphatic rings. The average Bonchev–Trinajstić information content (AvgIpc) is 2.96. The number of amides is 1. The molecule has 0 fully saturated rings. The zero-order valence-corrected chi connectivity index (χ0v) is 10.1. The van der Waals surface area contributed by atoms with Crippen LogP contribution in [-0.2, 0) is 24.9 Å². The molecule has 19 heavy (non-hydrogen) atoms. The number of aromatic nitrogens is 5. The fraction of sp³-hybridized carbons (Fsp3) is 0.300. The van der Waals surface area contributed by atoms with E-state index in [0.717, 1.165) is 10.5 Å². The summed E-state index contributed by atoms with van der Waals surface area (Å²) in [6.07, 6.45) is 4.61. The molecule has 2 aromatic rings. The lowest BCUT2D eigenvalue weighted by Gasteiger charge is -2.04. The number of hydrogen-bond acceptors (Lipinski definition) is 5. The minimum atomic E-state index is -1.18. The van der Waals surface area contributed by atoms with Crippen LogP contribution in [0.1, 0.15) is 16.3 Å². The molecule has 0 aromatic carbocycles. The molecule has 0 bridgehead atoms. The first-order chi connectivity index (χ1) is 9.06. The number of nitrogens with zero attached hydrogens (tertiary/aromatic N) is 5. The largest absolute Gasteiger partial charge is 0.476 e. The molecule has 9 nitrogen and oxygen atoms in total. The average molecular weight is 264 g/mol. The van der Waals surface area contributed by atoms with E-state index in [9.17, 15) is 9.59 Å². The number of imidazole rings is 1. The maximum Gasteiger partial charge on any atom is 0.358 e. The van der Waals surface area contributed by atoms with Gasteiger partial charge < -0.3 is 15.0 Å². The van der Waals surface area contributed by atoms with Gasteiger partial charge in [0.15, 0.2) is 5.69 Å². The summed E-state index contributed by atoms with van der Waals surface area (Å²) in [5.41, 5.74) is -0.197. The Morgan fingerprint density at radius 3 is 2.84 bits per heavy atom. The normalized spacial score (nSPS) is 10.4. The number of carbonyl (C=O) groups excluding carboxylic acids is 1. The number of nitrogens with one attached hydrogen (secondary N) is 1. The van der Waals surface area contributed by atoms with Crippen molar-refractivity contribution < 1.29 is 14.7 Å². The Bertz CT molecular complexity index is 602. The van der Waals surface area contributed by atoms with Crippen LogP contribution in [-0.4, -0.2) is 41.5 Å². The van der Waals surface area contributed by atoms with Gasteiger partial charge in [-0.25, -0.2) is 14.5 Å². The topological polar surface area (TPSA) is 115 Å². The third kappa shape index (κ3) is 3.15. The molecular weight excluding hydrogens is 252 g/mol. The second kappa shape index (κ2) is 5.29. The molecule has 0 aliphatic carbocycles. The van der Waals surface area contributed by atoms with Crippen molar-refractivity contribution in [3.63, 3.8) is 0 Å². The van der Waals surface area contributed by atoms with Gasteiger partial charge in [0.1, 0.15) is 12.4 Å². The van der Waals surface area contributed by atoms with Crippen LogP contribution in [0.5, 0.6) is 0 Å². The standard InChI is InChI=1S/C10H12N6O3/c1-15-3-2-11-8(15)4-12-9(17)6-16-5-7(10(18)19)13-14-16/h2-3,5H,4,6H2,1H3,(H,12,17)(H,18,19). The van der Waals surface area contributed by atoms with Crippen LogP contribution in [0.25, 0.3) is 0 Å². The van der Waals surface area contributed by atoms with Gasteiger partial charge in [0.25, 0.3) is 0 Å². The fourth-order valence-corrected chi connectivity index (χ4v) is 1.42. The van der Waals surface area contributed by atoms with Crippen LogP contribution in [0, 0.1) is 0 Å². The Kier molecular flexibility index (Phi) is 3.55. The summed E-state index contributed by atoms with van der Waals surface area (Å²) < 4.78 is 2.95. The first kappa shape index (κ1) is 12.7. The smallest absolute Gasteiger partial charge is 0.358 e. The van der Waals surface area contributed by atoms with Crippen molar-refractivity contribution >= 4 is 11.9 Å². The molecular formula is C10H12N6O3. The Labute approximate surface area is 107 Å². The molecule has 2 N–H and O–H groups in total. The van der Waals surface area contributed by atoms with Crippen molar-refractivity contribution in [1.82, 2.24) is 29.9 Å². The third-order valence-corrected chi connectivity index (χ3v) is 2.43. The molecule has 2 heterocycles. The molecule has 0 radical (unpaired) electrons. The van der Waals surface area contributed by atoms with Crippen LogP contribution in [0.4, 0.5) is 0 Å². The quantitative estimate of drug-likeness (QED) is 0.717. The number of hydrogen-bond donors (Lipinski definition) is 2. The van der Waals surface area contributed by atoms with Crippen LogP contribution in [0.2, 0.25) is 0 Å². The molecule has 0 aliphatic heterocycles. The van der Waals surface area contributed by atoms with E-state index in [1.54, 1.807) is 17.0 Å².